The molecule has 1 N–H and O–H groups in total. The van der Waals surface area contributed by atoms with Gasteiger partial charge in [0.2, 0.25) is 5.91 Å². The van der Waals surface area contributed by atoms with Gasteiger partial charge < -0.3 is 10.1 Å². The zero-order chi connectivity index (χ0) is 17.4. The van der Waals surface area contributed by atoms with Gasteiger partial charge in [-0.05, 0) is 42.5 Å². The van der Waals surface area contributed by atoms with Gasteiger partial charge in [-0.25, -0.2) is 4.79 Å². The van der Waals surface area contributed by atoms with E-state index in [1.165, 1.54) is 18.1 Å². The van der Waals surface area contributed by atoms with Gasteiger partial charge in [-0.2, -0.15) is 0 Å². The molecule has 0 saturated heterocycles. The normalized spacial score (nSPS) is 10.2. The zero-order valence-electron chi connectivity index (χ0n) is 13.3. The van der Waals surface area contributed by atoms with Gasteiger partial charge in [0.05, 0.1) is 23.4 Å². The molecule has 0 unspecified atom stereocenters. The maximum Gasteiger partial charge on any atom is 0.337 e. The van der Waals surface area contributed by atoms with Crippen LogP contribution in [0.3, 0.4) is 0 Å². The van der Waals surface area contributed by atoms with Crippen molar-refractivity contribution in [3.63, 3.8) is 0 Å². The van der Waals surface area contributed by atoms with Gasteiger partial charge in [-0.15, -0.1) is 11.8 Å². The fourth-order valence-corrected chi connectivity index (χ4v) is 3.06. The molecule has 0 aliphatic carbocycles. The Morgan fingerprint density at radius 1 is 1.17 bits per heavy atom. The van der Waals surface area contributed by atoms with Crippen LogP contribution in [-0.2, 0) is 9.53 Å². The number of methoxy groups -OCH3 is 1. The van der Waals surface area contributed by atoms with E-state index < -0.39 is 5.97 Å². The Morgan fingerprint density at radius 3 is 2.62 bits per heavy atom. The molecule has 0 atom stereocenters. The SMILES string of the molecule is COC(=O)c1ccc(Cl)c(NC(=O)CCCSc2ccccc2)c1. The van der Waals surface area contributed by atoms with Crippen molar-refractivity contribution < 1.29 is 14.3 Å². The summed E-state index contributed by atoms with van der Waals surface area (Å²) in [5.74, 6) is 0.252. The molecule has 6 heteroatoms. The summed E-state index contributed by atoms with van der Waals surface area (Å²) in [5.41, 5.74) is 0.761. The molecule has 0 aliphatic rings. The summed E-state index contributed by atoms with van der Waals surface area (Å²) < 4.78 is 4.66. The van der Waals surface area contributed by atoms with Crippen LogP contribution in [0.4, 0.5) is 5.69 Å². The standard InChI is InChI=1S/C18H18ClNO3S/c1-23-18(22)13-9-10-15(19)16(12-13)20-17(21)8-5-11-24-14-6-3-2-4-7-14/h2-4,6-7,9-10,12H,5,8,11H2,1H3,(H,20,21). The Morgan fingerprint density at radius 2 is 1.92 bits per heavy atom. The van der Waals surface area contributed by atoms with Crippen LogP contribution in [0.1, 0.15) is 23.2 Å². The lowest BCUT2D eigenvalue weighted by Crippen LogP contribution is -2.12. The van der Waals surface area contributed by atoms with Gasteiger partial charge >= 0.3 is 5.97 Å². The average Bonchev–Trinajstić information content (AvgIpc) is 2.61. The molecule has 0 bridgehead atoms. The first-order chi connectivity index (χ1) is 11.6. The van der Waals surface area contributed by atoms with Crippen LogP contribution in [0.5, 0.6) is 0 Å². The number of anilines is 1. The summed E-state index contributed by atoms with van der Waals surface area (Å²) in [6.45, 7) is 0. The smallest absolute Gasteiger partial charge is 0.337 e. The third-order valence-electron chi connectivity index (χ3n) is 3.22. The van der Waals surface area contributed by atoms with Crippen molar-refractivity contribution in [1.82, 2.24) is 0 Å². The highest BCUT2D eigenvalue weighted by atomic mass is 35.5. The molecule has 24 heavy (non-hydrogen) atoms. The van der Waals surface area contributed by atoms with E-state index in [9.17, 15) is 9.59 Å². The van der Waals surface area contributed by atoms with Gasteiger partial charge in [0.15, 0.2) is 0 Å². The van der Waals surface area contributed by atoms with Crippen molar-refractivity contribution in [2.45, 2.75) is 17.7 Å². The van der Waals surface area contributed by atoms with Crippen LogP contribution in [-0.4, -0.2) is 24.7 Å². The maximum absolute atomic E-state index is 12.0. The zero-order valence-corrected chi connectivity index (χ0v) is 14.8. The average molecular weight is 364 g/mol. The van der Waals surface area contributed by atoms with E-state index in [1.807, 2.05) is 30.3 Å². The predicted octanol–water partition coefficient (Wildman–Crippen LogP) is 4.64. The van der Waals surface area contributed by atoms with E-state index in [0.717, 1.165) is 12.2 Å². The third-order valence-corrected chi connectivity index (χ3v) is 4.65. The van der Waals surface area contributed by atoms with Crippen LogP contribution in [0.15, 0.2) is 53.4 Å². The minimum Gasteiger partial charge on any atom is -0.465 e. The minimum absolute atomic E-state index is 0.132. The lowest BCUT2D eigenvalue weighted by molar-refractivity contribution is -0.116. The second kappa shape index (κ2) is 9.35. The quantitative estimate of drug-likeness (QED) is 0.442. The fraction of sp³-hybridized carbons (Fsp3) is 0.222. The topological polar surface area (TPSA) is 55.4 Å². The number of ether oxygens (including phenoxy) is 1. The van der Waals surface area contributed by atoms with E-state index in [1.54, 1.807) is 23.9 Å². The first-order valence-corrected chi connectivity index (χ1v) is 8.82. The summed E-state index contributed by atoms with van der Waals surface area (Å²) in [7, 11) is 1.31. The molecular formula is C18H18ClNO3S. The van der Waals surface area contributed by atoms with Crippen LogP contribution < -0.4 is 5.32 Å². The highest BCUT2D eigenvalue weighted by Crippen LogP contribution is 2.24. The number of rotatable bonds is 7. The molecule has 0 aliphatic heterocycles. The van der Waals surface area contributed by atoms with Crippen molar-refractivity contribution in [2.24, 2.45) is 0 Å². The van der Waals surface area contributed by atoms with E-state index in [-0.39, 0.29) is 5.91 Å². The molecule has 0 aromatic heterocycles. The summed E-state index contributed by atoms with van der Waals surface area (Å²) in [6, 6.07) is 14.7. The highest BCUT2D eigenvalue weighted by molar-refractivity contribution is 7.99. The predicted molar refractivity (Wildman–Crippen MR) is 97.8 cm³/mol. The van der Waals surface area contributed by atoms with Crippen molar-refractivity contribution in [2.75, 3.05) is 18.2 Å². The molecule has 2 aromatic carbocycles. The van der Waals surface area contributed by atoms with Gasteiger partial charge in [0, 0.05) is 11.3 Å². The number of amides is 1. The summed E-state index contributed by atoms with van der Waals surface area (Å²) in [4.78, 5) is 24.7. The molecule has 0 fully saturated rings. The van der Waals surface area contributed by atoms with Crippen LogP contribution in [0, 0.1) is 0 Å². The van der Waals surface area contributed by atoms with Crippen molar-refractivity contribution in [3.05, 3.63) is 59.1 Å². The Balaban J connectivity index is 1.82. The first kappa shape index (κ1) is 18.4. The number of thioether (sulfide) groups is 1. The largest absolute Gasteiger partial charge is 0.465 e. The second-order valence-electron chi connectivity index (χ2n) is 5.00. The summed E-state index contributed by atoms with van der Waals surface area (Å²) in [5, 5.41) is 3.12. The lowest BCUT2D eigenvalue weighted by atomic mass is 10.2. The van der Waals surface area contributed by atoms with Crippen LogP contribution in [0.25, 0.3) is 0 Å². The van der Waals surface area contributed by atoms with Crippen molar-refractivity contribution >= 4 is 40.9 Å². The number of carbonyl (C=O) groups is 2. The van der Waals surface area contributed by atoms with E-state index >= 15 is 0 Å². The van der Waals surface area contributed by atoms with Gasteiger partial charge in [0.25, 0.3) is 0 Å². The molecule has 2 aromatic rings. The number of hydrogen-bond donors (Lipinski definition) is 1. The fourth-order valence-electron chi connectivity index (χ4n) is 2.02. The molecule has 1 amide bonds. The Labute approximate surface area is 150 Å². The van der Waals surface area contributed by atoms with E-state index in [4.69, 9.17) is 11.6 Å². The molecule has 4 nitrogen and oxygen atoms in total. The molecule has 0 radical (unpaired) electrons. The Kier molecular flexibility index (Phi) is 7.15. The number of nitrogens with one attached hydrogen (secondary N) is 1. The number of halogens is 1. The Bertz CT molecular complexity index is 707. The highest BCUT2D eigenvalue weighted by Gasteiger charge is 2.11. The van der Waals surface area contributed by atoms with E-state index in [2.05, 4.69) is 10.1 Å². The van der Waals surface area contributed by atoms with Crippen molar-refractivity contribution in [1.29, 1.82) is 0 Å². The molecule has 2 rings (SSSR count). The summed E-state index contributed by atoms with van der Waals surface area (Å²) >= 11 is 7.77. The molecule has 0 saturated carbocycles. The molecule has 0 spiro atoms. The first-order valence-electron chi connectivity index (χ1n) is 7.45. The number of hydrogen-bond acceptors (Lipinski definition) is 4. The second-order valence-corrected chi connectivity index (χ2v) is 6.57. The Hall–Kier alpha value is -1.98. The van der Waals surface area contributed by atoms with Gasteiger partial charge in [-0.1, -0.05) is 29.8 Å². The number of carbonyl (C=O) groups excluding carboxylic acids is 2. The molecule has 126 valence electrons. The van der Waals surface area contributed by atoms with Gasteiger partial charge in [-0.3, -0.25) is 4.79 Å². The lowest BCUT2D eigenvalue weighted by Gasteiger charge is -2.09. The van der Waals surface area contributed by atoms with Gasteiger partial charge in [0.1, 0.15) is 0 Å². The van der Waals surface area contributed by atoms with Crippen molar-refractivity contribution in [3.8, 4) is 0 Å². The molecular weight excluding hydrogens is 346 g/mol. The van der Waals surface area contributed by atoms with Crippen LogP contribution in [0.2, 0.25) is 5.02 Å². The van der Waals surface area contributed by atoms with E-state index in [0.29, 0.717) is 22.7 Å². The summed E-state index contributed by atoms with van der Waals surface area (Å²) in [6.07, 6.45) is 1.14. The minimum atomic E-state index is -0.471. The number of esters is 1. The van der Waals surface area contributed by atoms with Crippen LogP contribution >= 0.6 is 23.4 Å². The third kappa shape index (κ3) is 5.58. The number of benzene rings is 2. The molecule has 0 heterocycles. The maximum atomic E-state index is 12.0. The monoisotopic (exact) mass is 363 g/mol.